The Hall–Kier alpha value is -2.90. The van der Waals surface area contributed by atoms with Gasteiger partial charge in [-0.15, -0.1) is 0 Å². The van der Waals surface area contributed by atoms with E-state index in [9.17, 15) is 9.90 Å². The van der Waals surface area contributed by atoms with E-state index in [0.717, 1.165) is 0 Å². The van der Waals surface area contributed by atoms with E-state index >= 15 is 0 Å². The summed E-state index contributed by atoms with van der Waals surface area (Å²) in [5.74, 6) is 0.0456. The van der Waals surface area contributed by atoms with E-state index in [4.69, 9.17) is 15.6 Å². The molecule has 1 unspecified atom stereocenters. The number of β-amino-alcohol motifs (C(OH)–C–C–N with tert-alkyl or cyclic N) is 1. The van der Waals surface area contributed by atoms with Crippen LogP contribution in [0.1, 0.15) is 5.69 Å². The third kappa shape index (κ3) is 3.22. The summed E-state index contributed by atoms with van der Waals surface area (Å²) >= 11 is 0. The van der Waals surface area contributed by atoms with Crippen LogP contribution in [0.25, 0.3) is 6.08 Å². The van der Waals surface area contributed by atoms with Crippen LogP contribution in [-0.4, -0.2) is 40.4 Å². The molecule has 2 aromatic rings. The van der Waals surface area contributed by atoms with Crippen LogP contribution in [0.4, 0.5) is 11.4 Å². The Labute approximate surface area is 138 Å². The second-order valence-electron chi connectivity index (χ2n) is 5.34. The number of anilines is 2. The first-order valence-electron chi connectivity index (χ1n) is 7.39. The van der Waals surface area contributed by atoms with Crippen molar-refractivity contribution in [3.63, 3.8) is 0 Å². The van der Waals surface area contributed by atoms with Crippen LogP contribution in [0.2, 0.25) is 0 Å². The molecular formula is C17H17N3O4. The van der Waals surface area contributed by atoms with Crippen molar-refractivity contribution in [3.8, 4) is 5.75 Å². The van der Waals surface area contributed by atoms with Crippen LogP contribution in [0.3, 0.4) is 0 Å². The quantitative estimate of drug-likeness (QED) is 0.566. The van der Waals surface area contributed by atoms with E-state index in [2.05, 4.69) is 4.98 Å². The van der Waals surface area contributed by atoms with Crippen LogP contribution >= 0.6 is 0 Å². The van der Waals surface area contributed by atoms with Gasteiger partial charge in [0.25, 0.3) is 5.91 Å². The molecule has 0 fully saturated rings. The first-order chi connectivity index (χ1) is 11.6. The average Bonchev–Trinajstić information content (AvgIpc) is 2.59. The number of amides is 1. The van der Waals surface area contributed by atoms with E-state index < -0.39 is 18.6 Å². The maximum Gasteiger partial charge on any atom is 0.294 e. The van der Waals surface area contributed by atoms with Gasteiger partial charge in [-0.25, -0.2) is 0 Å². The van der Waals surface area contributed by atoms with Crippen molar-refractivity contribution in [2.75, 3.05) is 23.8 Å². The molecule has 0 aliphatic carbocycles. The number of aromatic nitrogens is 1. The summed E-state index contributed by atoms with van der Waals surface area (Å²) < 4.78 is 5.68. The molecule has 4 N–H and O–H groups in total. The standard InChI is InChI=1S/C17H17N3O4/c18-11-4-5-14-15(7-11)24-16(8-12-3-1-2-6-19-12)17(23)20(14)9-13(22)10-21/h1-8,13,21-22H,9-10,18H2/b16-8+. The maximum absolute atomic E-state index is 12.7. The van der Waals surface area contributed by atoms with Crippen LogP contribution < -0.4 is 15.4 Å². The van der Waals surface area contributed by atoms with Gasteiger partial charge in [0.05, 0.1) is 30.6 Å². The molecule has 0 saturated heterocycles. The summed E-state index contributed by atoms with van der Waals surface area (Å²) in [6.45, 7) is -0.511. The van der Waals surface area contributed by atoms with Gasteiger partial charge in [0, 0.05) is 24.0 Å². The van der Waals surface area contributed by atoms with Gasteiger partial charge in [0.1, 0.15) is 0 Å². The highest BCUT2D eigenvalue weighted by atomic mass is 16.5. The van der Waals surface area contributed by atoms with Gasteiger partial charge >= 0.3 is 0 Å². The Morgan fingerprint density at radius 1 is 1.33 bits per heavy atom. The molecule has 0 radical (unpaired) electrons. The average molecular weight is 327 g/mol. The highest BCUT2D eigenvalue weighted by Gasteiger charge is 2.31. The van der Waals surface area contributed by atoms with Gasteiger partial charge in [0.2, 0.25) is 0 Å². The topological polar surface area (TPSA) is 109 Å². The molecule has 7 heteroatoms. The molecule has 7 nitrogen and oxygen atoms in total. The Balaban J connectivity index is 2.02. The van der Waals surface area contributed by atoms with Crippen molar-refractivity contribution in [1.29, 1.82) is 0 Å². The van der Waals surface area contributed by atoms with Crippen LogP contribution in [0.15, 0.2) is 48.4 Å². The molecule has 0 bridgehead atoms. The Kier molecular flexibility index (Phi) is 4.45. The van der Waals surface area contributed by atoms with Gasteiger partial charge in [0.15, 0.2) is 11.5 Å². The summed E-state index contributed by atoms with van der Waals surface area (Å²) in [5.41, 5.74) is 7.32. The second kappa shape index (κ2) is 6.69. The number of nitrogen functional groups attached to an aromatic ring is 1. The summed E-state index contributed by atoms with van der Waals surface area (Å²) in [4.78, 5) is 18.2. The predicted molar refractivity (Wildman–Crippen MR) is 89.1 cm³/mol. The number of rotatable bonds is 4. The van der Waals surface area contributed by atoms with Gasteiger partial charge in [-0.05, 0) is 24.3 Å². The third-order valence-corrected chi connectivity index (χ3v) is 3.52. The summed E-state index contributed by atoms with van der Waals surface area (Å²) in [7, 11) is 0. The molecule has 3 rings (SSSR count). The largest absolute Gasteiger partial charge is 0.449 e. The van der Waals surface area contributed by atoms with Gasteiger partial charge in [-0.3, -0.25) is 14.7 Å². The second-order valence-corrected chi connectivity index (χ2v) is 5.34. The van der Waals surface area contributed by atoms with E-state index in [0.29, 0.717) is 22.8 Å². The lowest BCUT2D eigenvalue weighted by atomic mass is 10.1. The molecule has 1 aromatic carbocycles. The lowest BCUT2D eigenvalue weighted by molar-refractivity contribution is -0.118. The first-order valence-corrected chi connectivity index (χ1v) is 7.39. The smallest absolute Gasteiger partial charge is 0.294 e. The Morgan fingerprint density at radius 2 is 2.17 bits per heavy atom. The number of carbonyl (C=O) groups excluding carboxylic acids is 1. The molecular weight excluding hydrogens is 310 g/mol. The monoisotopic (exact) mass is 327 g/mol. The Morgan fingerprint density at radius 3 is 2.88 bits per heavy atom. The minimum Gasteiger partial charge on any atom is -0.449 e. The van der Waals surface area contributed by atoms with E-state index in [1.54, 1.807) is 42.6 Å². The molecule has 124 valence electrons. The molecule has 1 amide bonds. The number of benzene rings is 1. The highest BCUT2D eigenvalue weighted by Crippen LogP contribution is 2.37. The van der Waals surface area contributed by atoms with Gasteiger partial charge in [-0.1, -0.05) is 6.07 Å². The van der Waals surface area contributed by atoms with E-state index in [1.165, 1.54) is 11.0 Å². The number of aliphatic hydroxyl groups is 2. The molecule has 1 atom stereocenters. The number of pyridine rings is 1. The first kappa shape index (κ1) is 16.0. The van der Waals surface area contributed by atoms with Gasteiger partial charge in [-0.2, -0.15) is 0 Å². The number of carbonyl (C=O) groups is 1. The lowest BCUT2D eigenvalue weighted by Crippen LogP contribution is -2.43. The maximum atomic E-state index is 12.7. The van der Waals surface area contributed by atoms with Crippen molar-refractivity contribution in [2.45, 2.75) is 6.10 Å². The number of nitrogens with zero attached hydrogens (tertiary/aromatic N) is 2. The fourth-order valence-corrected chi connectivity index (χ4v) is 2.38. The zero-order chi connectivity index (χ0) is 17.1. The van der Waals surface area contributed by atoms with Crippen LogP contribution in [-0.2, 0) is 4.79 Å². The SMILES string of the molecule is Nc1ccc2c(c1)O/C(=C/c1ccccn1)C(=O)N2CC(O)CO. The Bertz CT molecular complexity index is 777. The minimum atomic E-state index is -1.06. The molecule has 0 saturated carbocycles. The number of aliphatic hydroxyl groups excluding tert-OH is 2. The van der Waals surface area contributed by atoms with Crippen LogP contribution in [0, 0.1) is 0 Å². The van der Waals surface area contributed by atoms with E-state index in [-0.39, 0.29) is 12.3 Å². The van der Waals surface area contributed by atoms with Crippen molar-refractivity contribution < 1.29 is 19.7 Å². The summed E-state index contributed by atoms with van der Waals surface area (Å²) in [6.07, 6.45) is 2.07. The minimum absolute atomic E-state index is 0.0603. The van der Waals surface area contributed by atoms with Crippen molar-refractivity contribution in [3.05, 3.63) is 54.0 Å². The molecule has 1 aliphatic rings. The highest BCUT2D eigenvalue weighted by molar-refractivity contribution is 6.10. The molecule has 1 aromatic heterocycles. The predicted octanol–water partition coefficient (Wildman–Crippen LogP) is 0.783. The summed E-state index contributed by atoms with van der Waals surface area (Å²) in [5, 5.41) is 18.8. The molecule has 2 heterocycles. The summed E-state index contributed by atoms with van der Waals surface area (Å²) in [6, 6.07) is 10.2. The number of hydrogen-bond acceptors (Lipinski definition) is 6. The number of nitrogens with two attached hydrogens (primary N) is 1. The number of ether oxygens (including phenoxy) is 1. The van der Waals surface area contributed by atoms with E-state index in [1.807, 2.05) is 0 Å². The molecule has 0 spiro atoms. The fourth-order valence-electron chi connectivity index (χ4n) is 2.38. The van der Waals surface area contributed by atoms with Crippen molar-refractivity contribution >= 4 is 23.4 Å². The zero-order valence-electron chi connectivity index (χ0n) is 12.8. The third-order valence-electron chi connectivity index (χ3n) is 3.52. The van der Waals surface area contributed by atoms with Crippen molar-refractivity contribution in [1.82, 2.24) is 4.98 Å². The molecule has 24 heavy (non-hydrogen) atoms. The van der Waals surface area contributed by atoms with Crippen LogP contribution in [0.5, 0.6) is 5.75 Å². The van der Waals surface area contributed by atoms with Gasteiger partial charge < -0.3 is 20.7 Å². The number of fused-ring (bicyclic) bond motifs is 1. The number of hydrogen-bond donors (Lipinski definition) is 3. The normalized spacial score (nSPS) is 16.7. The lowest BCUT2D eigenvalue weighted by Gasteiger charge is -2.31. The zero-order valence-corrected chi connectivity index (χ0v) is 12.8. The molecule has 1 aliphatic heterocycles. The van der Waals surface area contributed by atoms with Crippen molar-refractivity contribution in [2.24, 2.45) is 0 Å². The fraction of sp³-hybridized carbons (Fsp3) is 0.176.